The molecule has 0 spiro atoms. The Kier molecular flexibility index (Phi) is 8.48. The predicted octanol–water partition coefficient (Wildman–Crippen LogP) is 5.07. The summed E-state index contributed by atoms with van der Waals surface area (Å²) in [4.78, 5) is 18.7. The van der Waals surface area contributed by atoms with Gasteiger partial charge in [-0.25, -0.2) is 14.1 Å². The van der Waals surface area contributed by atoms with Gasteiger partial charge in [0, 0.05) is 42.1 Å². The van der Waals surface area contributed by atoms with E-state index in [1.165, 1.54) is 23.0 Å². The van der Waals surface area contributed by atoms with E-state index in [0.29, 0.717) is 24.0 Å². The lowest BCUT2D eigenvalue weighted by atomic mass is 9.99. The maximum Gasteiger partial charge on any atom is 0.417 e. The number of aromatic nitrogens is 3. The van der Waals surface area contributed by atoms with Crippen LogP contribution in [0, 0.1) is 0 Å². The number of nitrogens with zero attached hydrogens (tertiary/aromatic N) is 4. The van der Waals surface area contributed by atoms with Gasteiger partial charge in [-0.05, 0) is 45.5 Å². The highest BCUT2D eigenvalue weighted by Crippen LogP contribution is 2.37. The molecule has 214 valence electrons. The summed E-state index contributed by atoms with van der Waals surface area (Å²) in [5.74, 6) is -0.194. The lowest BCUT2D eigenvalue weighted by molar-refractivity contribution is -0.0688. The van der Waals surface area contributed by atoms with Crippen molar-refractivity contribution in [2.24, 2.45) is 0 Å². The highest BCUT2D eigenvalue weighted by molar-refractivity contribution is 6.01. The minimum absolute atomic E-state index is 0.0179. The van der Waals surface area contributed by atoms with Gasteiger partial charge >= 0.3 is 6.18 Å². The second-order valence-electron chi connectivity index (χ2n) is 10.2. The summed E-state index contributed by atoms with van der Waals surface area (Å²) in [5, 5.41) is 10.7. The Morgan fingerprint density at radius 1 is 1.30 bits per heavy atom. The monoisotopic (exact) mass is 559 g/mol. The average molecular weight is 560 g/mol. The van der Waals surface area contributed by atoms with Crippen LogP contribution >= 0.6 is 0 Å². The van der Waals surface area contributed by atoms with Crippen LogP contribution in [0.3, 0.4) is 0 Å². The van der Waals surface area contributed by atoms with Crippen molar-refractivity contribution in [3.8, 4) is 0 Å². The fraction of sp³-hybridized carbons (Fsp3) is 0.393. The van der Waals surface area contributed by atoms with Crippen LogP contribution in [-0.4, -0.2) is 70.6 Å². The Hall–Kier alpha value is -3.93. The maximum atomic E-state index is 14.7. The number of nitrogen functional groups attached to an aromatic ring is 1. The molecule has 0 bridgehead atoms. The SMILES string of the molecule is C=C(c1nc(/C=C/CNC(=O)c2cnn(C(C)C)c2N)cc2c(N[C@@H]3CCN(C)C[C@@H]3F)cccc12)C(F)(F)F. The number of rotatable bonds is 8. The average Bonchev–Trinajstić information content (AvgIpc) is 3.28. The molecule has 3 heterocycles. The highest BCUT2D eigenvalue weighted by Gasteiger charge is 2.35. The van der Waals surface area contributed by atoms with Crippen molar-refractivity contribution in [3.05, 3.63) is 60.1 Å². The van der Waals surface area contributed by atoms with E-state index in [9.17, 15) is 22.4 Å². The smallest absolute Gasteiger partial charge is 0.383 e. The third-order valence-electron chi connectivity index (χ3n) is 6.84. The molecule has 1 fully saturated rings. The number of pyridine rings is 1. The zero-order valence-corrected chi connectivity index (χ0v) is 22.6. The molecule has 2 aromatic heterocycles. The number of halogens is 4. The van der Waals surface area contributed by atoms with E-state index >= 15 is 0 Å². The van der Waals surface area contributed by atoms with E-state index < -0.39 is 29.9 Å². The van der Waals surface area contributed by atoms with Crippen molar-refractivity contribution in [2.75, 3.05) is 37.7 Å². The van der Waals surface area contributed by atoms with Gasteiger partial charge in [0.1, 0.15) is 17.6 Å². The van der Waals surface area contributed by atoms with E-state index in [2.05, 4.69) is 27.3 Å². The van der Waals surface area contributed by atoms with Crippen molar-refractivity contribution in [1.82, 2.24) is 25.0 Å². The third kappa shape index (κ3) is 6.27. The first kappa shape index (κ1) is 29.1. The van der Waals surface area contributed by atoms with Gasteiger partial charge in [0.25, 0.3) is 5.91 Å². The molecule has 1 aliphatic rings. The molecule has 40 heavy (non-hydrogen) atoms. The number of fused-ring (bicyclic) bond motifs is 1. The molecule has 1 aromatic carbocycles. The number of piperidine rings is 1. The van der Waals surface area contributed by atoms with Crippen LogP contribution in [-0.2, 0) is 0 Å². The van der Waals surface area contributed by atoms with Crippen molar-refractivity contribution in [1.29, 1.82) is 0 Å². The Bertz CT molecular complexity index is 1430. The minimum atomic E-state index is -4.70. The van der Waals surface area contributed by atoms with Gasteiger partial charge < -0.3 is 21.3 Å². The molecular formula is C28H33F4N7O. The molecule has 0 aliphatic carbocycles. The zero-order valence-electron chi connectivity index (χ0n) is 22.6. The van der Waals surface area contributed by atoms with Gasteiger partial charge in [-0.1, -0.05) is 24.8 Å². The second kappa shape index (κ2) is 11.7. The number of benzene rings is 1. The first-order valence-corrected chi connectivity index (χ1v) is 12.9. The number of likely N-dealkylation sites (tertiary alicyclic amines) is 1. The molecule has 0 unspecified atom stereocenters. The van der Waals surface area contributed by atoms with Crippen LogP contribution in [0.5, 0.6) is 0 Å². The normalized spacial score (nSPS) is 18.5. The number of anilines is 2. The first-order chi connectivity index (χ1) is 18.9. The van der Waals surface area contributed by atoms with Crippen LogP contribution in [0.4, 0.5) is 29.1 Å². The van der Waals surface area contributed by atoms with Gasteiger partial charge in [0.15, 0.2) is 0 Å². The van der Waals surface area contributed by atoms with Crippen LogP contribution in [0.1, 0.15) is 48.1 Å². The van der Waals surface area contributed by atoms with Crippen LogP contribution in [0.15, 0.2) is 43.1 Å². The van der Waals surface area contributed by atoms with Gasteiger partial charge in [-0.15, -0.1) is 0 Å². The molecule has 1 amide bonds. The molecule has 8 nitrogen and oxygen atoms in total. The molecule has 0 radical (unpaired) electrons. The number of alkyl halides is 4. The number of hydrogen-bond acceptors (Lipinski definition) is 6. The van der Waals surface area contributed by atoms with Crippen LogP contribution in [0.25, 0.3) is 22.4 Å². The maximum absolute atomic E-state index is 14.7. The van der Waals surface area contributed by atoms with E-state index in [-0.39, 0.29) is 47.3 Å². The number of carbonyl (C=O) groups is 1. The predicted molar refractivity (Wildman–Crippen MR) is 150 cm³/mol. The Balaban J connectivity index is 1.61. The molecule has 3 aromatic rings. The number of hydrogen-bond donors (Lipinski definition) is 3. The standard InChI is InChI=1S/C28H33F4N7O/c1-16(2)39-26(33)21(14-35-39)27(40)34-11-6-7-18-13-20-19(25(36-18)17(3)28(30,31)32)8-5-9-23(20)37-24-10-12-38(4)15-22(24)29/h5-9,13-14,16,22,24,37H,3,10-12,15,33H2,1-2,4H3,(H,34,40)/b7-6+/t22-,24+/m0/s1. The summed E-state index contributed by atoms with van der Waals surface area (Å²) in [6.07, 6.45) is -0.815. The Morgan fingerprint density at radius 2 is 2.05 bits per heavy atom. The molecule has 1 saturated heterocycles. The van der Waals surface area contributed by atoms with Crippen LogP contribution < -0.4 is 16.4 Å². The van der Waals surface area contributed by atoms with Crippen LogP contribution in [0.2, 0.25) is 0 Å². The summed E-state index contributed by atoms with van der Waals surface area (Å²) in [6.45, 7) is 8.06. The lowest BCUT2D eigenvalue weighted by Crippen LogP contribution is -2.46. The molecular weight excluding hydrogens is 526 g/mol. The van der Waals surface area contributed by atoms with Crippen molar-refractivity contribution in [3.63, 3.8) is 0 Å². The largest absolute Gasteiger partial charge is 0.417 e. The number of carbonyl (C=O) groups excluding carboxylic acids is 1. The fourth-order valence-electron chi connectivity index (χ4n) is 4.68. The van der Waals surface area contributed by atoms with Crippen molar-refractivity contribution < 1.29 is 22.4 Å². The van der Waals surface area contributed by atoms with Crippen molar-refractivity contribution in [2.45, 2.75) is 44.7 Å². The van der Waals surface area contributed by atoms with E-state index in [4.69, 9.17) is 5.73 Å². The van der Waals surface area contributed by atoms with E-state index in [1.54, 1.807) is 24.3 Å². The van der Waals surface area contributed by atoms with Gasteiger partial charge in [0.2, 0.25) is 0 Å². The zero-order chi connectivity index (χ0) is 29.2. The first-order valence-electron chi connectivity index (χ1n) is 12.9. The van der Waals surface area contributed by atoms with E-state index in [0.717, 1.165) is 0 Å². The van der Waals surface area contributed by atoms with Crippen molar-refractivity contribution >= 4 is 39.8 Å². The molecule has 4 rings (SSSR count). The van der Waals surface area contributed by atoms with Gasteiger partial charge in [-0.2, -0.15) is 18.3 Å². The van der Waals surface area contributed by atoms with Gasteiger partial charge in [-0.3, -0.25) is 4.79 Å². The number of amides is 1. The van der Waals surface area contributed by atoms with Gasteiger partial charge in [0.05, 0.1) is 29.2 Å². The quantitative estimate of drug-likeness (QED) is 0.334. The topological polar surface area (TPSA) is 101 Å². The summed E-state index contributed by atoms with van der Waals surface area (Å²) in [7, 11) is 1.84. The lowest BCUT2D eigenvalue weighted by Gasteiger charge is -2.33. The fourth-order valence-corrected chi connectivity index (χ4v) is 4.68. The third-order valence-corrected chi connectivity index (χ3v) is 6.84. The summed E-state index contributed by atoms with van der Waals surface area (Å²) in [5.41, 5.74) is 5.57. The minimum Gasteiger partial charge on any atom is -0.383 e. The molecule has 4 N–H and O–H groups in total. The number of allylic oxidation sites excluding steroid dienone is 1. The van der Waals surface area contributed by atoms with E-state index in [1.807, 2.05) is 25.8 Å². The molecule has 2 atom stereocenters. The summed E-state index contributed by atoms with van der Waals surface area (Å²) < 4.78 is 57.4. The molecule has 0 saturated carbocycles. The second-order valence-corrected chi connectivity index (χ2v) is 10.2. The molecule has 1 aliphatic heterocycles. The highest BCUT2D eigenvalue weighted by atomic mass is 19.4. The number of nitrogens with one attached hydrogen (secondary N) is 2. The molecule has 12 heteroatoms. The Labute approximate surface area is 229 Å². The summed E-state index contributed by atoms with van der Waals surface area (Å²) >= 11 is 0. The number of nitrogens with two attached hydrogens (primary N) is 1. The Morgan fingerprint density at radius 3 is 2.70 bits per heavy atom. The summed E-state index contributed by atoms with van der Waals surface area (Å²) in [6, 6.07) is 6.00.